The fourth-order valence-electron chi connectivity index (χ4n) is 3.51. The minimum Gasteiger partial charge on any atom is -0.497 e. The summed E-state index contributed by atoms with van der Waals surface area (Å²) in [5.41, 5.74) is 2.93. The van der Waals surface area contributed by atoms with E-state index in [2.05, 4.69) is 5.32 Å². The first-order valence-electron chi connectivity index (χ1n) is 10.9. The van der Waals surface area contributed by atoms with Crippen LogP contribution in [0.15, 0.2) is 78.9 Å². The van der Waals surface area contributed by atoms with Crippen molar-refractivity contribution in [2.45, 2.75) is 32.4 Å². The summed E-state index contributed by atoms with van der Waals surface area (Å²) in [6, 6.07) is 24.0. The van der Waals surface area contributed by atoms with Gasteiger partial charge < -0.3 is 15.0 Å². The maximum Gasteiger partial charge on any atom is 0.242 e. The molecule has 0 unspecified atom stereocenters. The lowest BCUT2D eigenvalue weighted by Gasteiger charge is -2.29. The number of nitrogens with one attached hydrogen (secondary N) is 1. The van der Waals surface area contributed by atoms with Gasteiger partial charge in [0, 0.05) is 18.1 Å². The van der Waals surface area contributed by atoms with Crippen LogP contribution in [0, 0.1) is 0 Å². The standard InChI is InChI=1S/C27H29ClN2O3/c1-20(27(32)29-17-16-21-10-14-25(33-2)15-11-21)30(19-23-8-12-24(28)13-9-23)26(31)18-22-6-4-3-5-7-22/h3-15,20H,16-19H2,1-2H3,(H,29,32)/t20-/m1/s1. The smallest absolute Gasteiger partial charge is 0.242 e. The van der Waals surface area contributed by atoms with E-state index in [4.69, 9.17) is 16.3 Å². The minimum absolute atomic E-state index is 0.103. The van der Waals surface area contributed by atoms with Crippen molar-refractivity contribution in [3.63, 3.8) is 0 Å². The normalized spacial score (nSPS) is 11.5. The Kier molecular flexibility index (Phi) is 8.90. The van der Waals surface area contributed by atoms with Gasteiger partial charge in [0.05, 0.1) is 13.5 Å². The molecule has 3 rings (SSSR count). The van der Waals surface area contributed by atoms with Gasteiger partial charge in [-0.15, -0.1) is 0 Å². The molecule has 0 heterocycles. The van der Waals surface area contributed by atoms with Gasteiger partial charge in [-0.1, -0.05) is 66.2 Å². The number of ether oxygens (including phenoxy) is 1. The molecule has 5 nitrogen and oxygen atoms in total. The van der Waals surface area contributed by atoms with Crippen molar-refractivity contribution in [3.05, 3.63) is 101 Å². The summed E-state index contributed by atoms with van der Waals surface area (Å²) in [7, 11) is 1.63. The zero-order chi connectivity index (χ0) is 23.6. The van der Waals surface area contributed by atoms with Crippen molar-refractivity contribution in [3.8, 4) is 5.75 Å². The third-order valence-electron chi connectivity index (χ3n) is 5.50. The number of hydrogen-bond acceptors (Lipinski definition) is 3. The molecule has 0 radical (unpaired) electrons. The lowest BCUT2D eigenvalue weighted by atomic mass is 10.1. The molecule has 0 bridgehead atoms. The van der Waals surface area contributed by atoms with Crippen LogP contribution in [-0.2, 0) is 29.0 Å². The molecule has 0 aliphatic rings. The van der Waals surface area contributed by atoms with Crippen LogP contribution in [0.5, 0.6) is 5.75 Å². The van der Waals surface area contributed by atoms with Crippen LogP contribution in [0.4, 0.5) is 0 Å². The summed E-state index contributed by atoms with van der Waals surface area (Å²) < 4.78 is 5.18. The van der Waals surface area contributed by atoms with Gasteiger partial charge in [-0.25, -0.2) is 0 Å². The lowest BCUT2D eigenvalue weighted by molar-refractivity contribution is -0.140. The predicted molar refractivity (Wildman–Crippen MR) is 131 cm³/mol. The van der Waals surface area contributed by atoms with Crippen LogP contribution in [-0.4, -0.2) is 36.4 Å². The van der Waals surface area contributed by atoms with Crippen molar-refractivity contribution in [2.75, 3.05) is 13.7 Å². The number of nitrogens with zero attached hydrogens (tertiary/aromatic N) is 1. The van der Waals surface area contributed by atoms with Crippen molar-refractivity contribution in [2.24, 2.45) is 0 Å². The zero-order valence-corrected chi connectivity index (χ0v) is 19.7. The van der Waals surface area contributed by atoms with Gasteiger partial charge in [-0.3, -0.25) is 9.59 Å². The first kappa shape index (κ1) is 24.3. The van der Waals surface area contributed by atoms with Gasteiger partial charge in [-0.2, -0.15) is 0 Å². The molecular weight excluding hydrogens is 436 g/mol. The number of amides is 2. The molecule has 0 saturated carbocycles. The van der Waals surface area contributed by atoms with Gasteiger partial charge >= 0.3 is 0 Å². The predicted octanol–water partition coefficient (Wildman–Crippen LogP) is 4.67. The Morgan fingerprint density at radius 2 is 1.55 bits per heavy atom. The average Bonchev–Trinajstić information content (AvgIpc) is 2.84. The minimum atomic E-state index is -0.618. The van der Waals surface area contributed by atoms with E-state index in [1.54, 1.807) is 31.1 Å². The second-order valence-corrected chi connectivity index (χ2v) is 8.31. The van der Waals surface area contributed by atoms with Crippen LogP contribution in [0.3, 0.4) is 0 Å². The molecule has 0 spiro atoms. The van der Waals surface area contributed by atoms with Crippen molar-refractivity contribution in [1.82, 2.24) is 10.2 Å². The summed E-state index contributed by atoms with van der Waals surface area (Å²) in [6.07, 6.45) is 0.926. The van der Waals surface area contributed by atoms with Gasteiger partial charge in [0.25, 0.3) is 0 Å². The fourth-order valence-corrected chi connectivity index (χ4v) is 3.64. The molecule has 0 aromatic heterocycles. The van der Waals surface area contributed by atoms with Gasteiger partial charge in [0.15, 0.2) is 0 Å². The number of halogens is 1. The molecule has 2 amide bonds. The fraction of sp³-hybridized carbons (Fsp3) is 0.259. The maximum absolute atomic E-state index is 13.2. The highest BCUT2D eigenvalue weighted by Gasteiger charge is 2.26. The van der Waals surface area contributed by atoms with E-state index in [1.807, 2.05) is 66.7 Å². The van der Waals surface area contributed by atoms with E-state index in [1.165, 1.54) is 0 Å². The Labute approximate surface area is 200 Å². The second-order valence-electron chi connectivity index (χ2n) is 7.88. The van der Waals surface area contributed by atoms with Crippen molar-refractivity contribution in [1.29, 1.82) is 0 Å². The summed E-state index contributed by atoms with van der Waals surface area (Å²) in [4.78, 5) is 27.7. The monoisotopic (exact) mass is 464 g/mol. The molecular formula is C27H29ClN2O3. The highest BCUT2D eigenvalue weighted by Crippen LogP contribution is 2.16. The zero-order valence-electron chi connectivity index (χ0n) is 19.0. The third-order valence-corrected chi connectivity index (χ3v) is 5.76. The Bertz CT molecular complexity index is 1040. The van der Waals surface area contributed by atoms with E-state index in [0.717, 1.165) is 22.4 Å². The van der Waals surface area contributed by atoms with E-state index < -0.39 is 6.04 Å². The topological polar surface area (TPSA) is 58.6 Å². The number of methoxy groups -OCH3 is 1. The Morgan fingerprint density at radius 3 is 2.18 bits per heavy atom. The molecule has 0 aliphatic heterocycles. The Balaban J connectivity index is 1.65. The number of carbonyl (C=O) groups excluding carboxylic acids is 2. The number of rotatable bonds is 10. The number of benzene rings is 3. The summed E-state index contributed by atoms with van der Waals surface area (Å²) in [5, 5.41) is 3.60. The van der Waals surface area contributed by atoms with Gasteiger partial charge in [0.1, 0.15) is 11.8 Å². The molecule has 172 valence electrons. The van der Waals surface area contributed by atoms with Crippen LogP contribution in [0.2, 0.25) is 5.02 Å². The molecule has 6 heteroatoms. The second kappa shape index (κ2) is 12.1. The van der Waals surface area contributed by atoms with Crippen molar-refractivity contribution >= 4 is 23.4 Å². The molecule has 0 fully saturated rings. The van der Waals surface area contributed by atoms with E-state index in [-0.39, 0.29) is 18.2 Å². The van der Waals surface area contributed by atoms with E-state index in [9.17, 15) is 9.59 Å². The SMILES string of the molecule is COc1ccc(CCNC(=O)[C@@H](C)N(Cc2ccc(Cl)cc2)C(=O)Cc2ccccc2)cc1. The summed E-state index contributed by atoms with van der Waals surface area (Å²) in [6.45, 7) is 2.58. The Morgan fingerprint density at radius 1 is 0.909 bits per heavy atom. The average molecular weight is 465 g/mol. The molecule has 1 atom stereocenters. The van der Waals surface area contributed by atoms with Crippen molar-refractivity contribution < 1.29 is 14.3 Å². The molecule has 33 heavy (non-hydrogen) atoms. The van der Waals surface area contributed by atoms with Crippen LogP contribution in [0.1, 0.15) is 23.6 Å². The molecule has 0 saturated heterocycles. The summed E-state index contributed by atoms with van der Waals surface area (Å²) in [5.74, 6) is 0.513. The molecule has 1 N–H and O–H groups in total. The van der Waals surface area contributed by atoms with Crippen LogP contribution in [0.25, 0.3) is 0 Å². The third kappa shape index (κ3) is 7.36. The number of hydrogen-bond donors (Lipinski definition) is 1. The molecule has 3 aromatic rings. The first-order chi connectivity index (χ1) is 16.0. The largest absolute Gasteiger partial charge is 0.497 e. The summed E-state index contributed by atoms with van der Waals surface area (Å²) >= 11 is 6.00. The molecule has 0 aliphatic carbocycles. The van der Waals surface area contributed by atoms with Gasteiger partial charge in [-0.05, 0) is 54.3 Å². The highest BCUT2D eigenvalue weighted by atomic mass is 35.5. The van der Waals surface area contributed by atoms with Crippen LogP contribution >= 0.6 is 11.6 Å². The molecule has 3 aromatic carbocycles. The first-order valence-corrected chi connectivity index (χ1v) is 11.3. The lowest BCUT2D eigenvalue weighted by Crippen LogP contribution is -2.48. The number of carbonyl (C=O) groups is 2. The quantitative estimate of drug-likeness (QED) is 0.474. The van der Waals surface area contributed by atoms with Crippen LogP contribution < -0.4 is 10.1 Å². The Hall–Kier alpha value is -3.31. The maximum atomic E-state index is 13.2. The van der Waals surface area contributed by atoms with E-state index in [0.29, 0.717) is 24.5 Å². The van der Waals surface area contributed by atoms with E-state index >= 15 is 0 Å². The van der Waals surface area contributed by atoms with Gasteiger partial charge in [0.2, 0.25) is 11.8 Å². The highest BCUT2D eigenvalue weighted by molar-refractivity contribution is 6.30.